The molecule has 4 heteroatoms. The van der Waals surface area contributed by atoms with Crippen molar-refractivity contribution < 1.29 is 9.90 Å². The second kappa shape index (κ2) is 4.49. The van der Waals surface area contributed by atoms with Crippen LogP contribution in [0.3, 0.4) is 0 Å². The molecule has 0 bridgehead atoms. The molecule has 0 atom stereocenters. The first-order valence-electron chi connectivity index (χ1n) is 5.32. The van der Waals surface area contributed by atoms with Crippen LogP contribution in [0.2, 0.25) is 0 Å². The second-order valence-corrected chi connectivity index (χ2v) is 5.00. The lowest BCUT2D eigenvalue weighted by Crippen LogP contribution is -2.17. The smallest absolute Gasteiger partial charge is 0.332 e. The van der Waals surface area contributed by atoms with Crippen LogP contribution >= 0.6 is 0 Å². The summed E-state index contributed by atoms with van der Waals surface area (Å²) in [5.74, 6) is -0.923. The largest absolute Gasteiger partial charge is 0.478 e. The highest BCUT2D eigenvalue weighted by Gasteiger charge is 2.23. The van der Waals surface area contributed by atoms with Gasteiger partial charge in [0.25, 0.3) is 0 Å². The van der Waals surface area contributed by atoms with E-state index in [4.69, 9.17) is 16.6 Å². The Hall–Kier alpha value is -1.97. The molecular weight excluding hydrogens is 216 g/mol. The van der Waals surface area contributed by atoms with Gasteiger partial charge < -0.3 is 16.6 Å². The Labute approximate surface area is 101 Å². The lowest BCUT2D eigenvalue weighted by atomic mass is 9.85. The lowest BCUT2D eigenvalue weighted by Gasteiger charge is -2.19. The molecule has 1 aromatic carbocycles. The molecule has 0 radical (unpaired) electrons. The van der Waals surface area contributed by atoms with E-state index < -0.39 is 11.4 Å². The molecule has 0 spiro atoms. The summed E-state index contributed by atoms with van der Waals surface area (Å²) in [4.78, 5) is 11.2. The zero-order valence-electron chi connectivity index (χ0n) is 10.3. The molecule has 0 aliphatic carbocycles. The Morgan fingerprint density at radius 2 is 1.82 bits per heavy atom. The summed E-state index contributed by atoms with van der Waals surface area (Å²) in [6.45, 7) is 5.56. The quantitative estimate of drug-likeness (QED) is 0.541. The Kier molecular flexibility index (Phi) is 3.46. The molecule has 0 saturated heterocycles. The summed E-state index contributed by atoms with van der Waals surface area (Å²) in [6, 6.07) is 5.09. The van der Waals surface area contributed by atoms with E-state index in [0.717, 1.165) is 5.56 Å². The highest BCUT2D eigenvalue weighted by Crippen LogP contribution is 2.28. The zero-order valence-corrected chi connectivity index (χ0v) is 10.3. The second-order valence-electron chi connectivity index (χ2n) is 5.00. The topological polar surface area (TPSA) is 89.3 Å². The number of hydrogen-bond donors (Lipinski definition) is 3. The molecule has 0 unspecified atom stereocenters. The number of hydrogen-bond acceptors (Lipinski definition) is 3. The Bertz CT molecular complexity index is 471. The number of nitrogen functional groups attached to an aromatic ring is 2. The van der Waals surface area contributed by atoms with E-state index in [2.05, 4.69) is 0 Å². The lowest BCUT2D eigenvalue weighted by molar-refractivity contribution is -0.133. The third-order valence-corrected chi connectivity index (χ3v) is 2.46. The molecule has 92 valence electrons. The summed E-state index contributed by atoms with van der Waals surface area (Å²) in [5, 5.41) is 9.17. The maximum Gasteiger partial charge on any atom is 0.332 e. The Morgan fingerprint density at radius 3 is 2.24 bits per heavy atom. The van der Waals surface area contributed by atoms with Crippen molar-refractivity contribution in [3.05, 3.63) is 29.3 Å². The number of benzene rings is 1. The minimum absolute atomic E-state index is 0.335. The predicted octanol–water partition coefficient (Wildman–Crippen LogP) is 2.37. The van der Waals surface area contributed by atoms with E-state index in [9.17, 15) is 4.79 Å². The molecule has 17 heavy (non-hydrogen) atoms. The average molecular weight is 234 g/mol. The molecule has 4 nitrogen and oxygen atoms in total. The molecule has 0 saturated carbocycles. The van der Waals surface area contributed by atoms with E-state index in [0.29, 0.717) is 16.9 Å². The van der Waals surface area contributed by atoms with Crippen LogP contribution in [0.15, 0.2) is 23.8 Å². The van der Waals surface area contributed by atoms with Crippen LogP contribution in [-0.2, 0) is 4.79 Å². The van der Waals surface area contributed by atoms with Gasteiger partial charge in [0.1, 0.15) is 0 Å². The predicted molar refractivity (Wildman–Crippen MR) is 70.3 cm³/mol. The number of aliphatic carboxylic acids is 1. The number of anilines is 2. The number of carbonyl (C=O) groups is 1. The van der Waals surface area contributed by atoms with Gasteiger partial charge in [-0.25, -0.2) is 4.79 Å². The minimum atomic E-state index is -0.923. The molecule has 5 N–H and O–H groups in total. The fraction of sp³-hybridized carbons (Fsp3) is 0.308. The summed E-state index contributed by atoms with van der Waals surface area (Å²) < 4.78 is 0. The Balaban J connectivity index is 3.23. The third-order valence-electron chi connectivity index (χ3n) is 2.46. The van der Waals surface area contributed by atoms with Crippen LogP contribution < -0.4 is 11.5 Å². The van der Waals surface area contributed by atoms with Crippen LogP contribution in [-0.4, -0.2) is 11.1 Å². The van der Waals surface area contributed by atoms with Gasteiger partial charge in [-0.3, -0.25) is 0 Å². The molecule has 0 fully saturated rings. The maximum atomic E-state index is 11.2. The SMILES string of the molecule is CC(C)(C)/C(=C/c1ccc(N)c(N)c1)C(=O)O. The van der Waals surface area contributed by atoms with Crippen molar-refractivity contribution in [2.75, 3.05) is 11.5 Å². The van der Waals surface area contributed by atoms with E-state index in [1.165, 1.54) is 0 Å². The van der Waals surface area contributed by atoms with Gasteiger partial charge in [0.2, 0.25) is 0 Å². The summed E-state index contributed by atoms with van der Waals surface area (Å²) in [6.07, 6.45) is 1.62. The Morgan fingerprint density at radius 1 is 1.24 bits per heavy atom. The van der Waals surface area contributed by atoms with Gasteiger partial charge in [-0.2, -0.15) is 0 Å². The van der Waals surface area contributed by atoms with Gasteiger partial charge in [-0.1, -0.05) is 26.8 Å². The van der Waals surface area contributed by atoms with Crippen molar-refractivity contribution in [1.29, 1.82) is 0 Å². The van der Waals surface area contributed by atoms with Crippen LogP contribution in [0, 0.1) is 5.41 Å². The maximum absolute atomic E-state index is 11.2. The first-order chi connectivity index (χ1) is 7.71. The minimum Gasteiger partial charge on any atom is -0.478 e. The van der Waals surface area contributed by atoms with Gasteiger partial charge in [0.05, 0.1) is 11.4 Å². The van der Waals surface area contributed by atoms with Gasteiger partial charge in [-0.05, 0) is 29.2 Å². The van der Waals surface area contributed by atoms with Crippen molar-refractivity contribution in [2.45, 2.75) is 20.8 Å². The monoisotopic (exact) mass is 234 g/mol. The van der Waals surface area contributed by atoms with Crippen LogP contribution in [0.4, 0.5) is 11.4 Å². The molecule has 0 aliphatic heterocycles. The first kappa shape index (κ1) is 13.1. The number of carboxylic acid groups (broad SMARTS) is 1. The van der Waals surface area contributed by atoms with Gasteiger partial charge in [0, 0.05) is 5.57 Å². The standard InChI is InChI=1S/C13H18N2O2/c1-13(2,3)9(12(16)17)6-8-4-5-10(14)11(15)7-8/h4-7H,14-15H2,1-3H3,(H,16,17)/b9-6+. The van der Waals surface area contributed by atoms with Crippen LogP contribution in [0.5, 0.6) is 0 Å². The molecule has 0 aliphatic rings. The van der Waals surface area contributed by atoms with Crippen molar-refractivity contribution in [3.63, 3.8) is 0 Å². The number of carboxylic acids is 1. The van der Waals surface area contributed by atoms with Crippen molar-refractivity contribution in [3.8, 4) is 0 Å². The van der Waals surface area contributed by atoms with Gasteiger partial charge >= 0.3 is 5.97 Å². The van der Waals surface area contributed by atoms with Crippen LogP contribution in [0.1, 0.15) is 26.3 Å². The van der Waals surface area contributed by atoms with E-state index in [1.807, 2.05) is 20.8 Å². The molecule has 1 rings (SSSR count). The number of rotatable bonds is 2. The molecule has 0 amide bonds. The van der Waals surface area contributed by atoms with E-state index >= 15 is 0 Å². The molecular formula is C13H18N2O2. The fourth-order valence-corrected chi connectivity index (χ4v) is 1.45. The first-order valence-corrected chi connectivity index (χ1v) is 5.32. The summed E-state index contributed by atoms with van der Waals surface area (Å²) in [7, 11) is 0. The highest BCUT2D eigenvalue weighted by atomic mass is 16.4. The number of nitrogens with two attached hydrogens (primary N) is 2. The van der Waals surface area contributed by atoms with Crippen molar-refractivity contribution >= 4 is 23.4 Å². The van der Waals surface area contributed by atoms with E-state index in [-0.39, 0.29) is 0 Å². The van der Waals surface area contributed by atoms with Crippen LogP contribution in [0.25, 0.3) is 6.08 Å². The molecule has 1 aromatic rings. The molecule has 0 aromatic heterocycles. The van der Waals surface area contributed by atoms with E-state index in [1.54, 1.807) is 24.3 Å². The average Bonchev–Trinajstić information content (AvgIpc) is 2.17. The molecule has 0 heterocycles. The highest BCUT2D eigenvalue weighted by molar-refractivity contribution is 5.93. The fourth-order valence-electron chi connectivity index (χ4n) is 1.45. The van der Waals surface area contributed by atoms with Crippen molar-refractivity contribution in [2.24, 2.45) is 5.41 Å². The summed E-state index contributed by atoms with van der Waals surface area (Å²) >= 11 is 0. The van der Waals surface area contributed by atoms with Crippen molar-refractivity contribution in [1.82, 2.24) is 0 Å². The summed E-state index contributed by atoms with van der Waals surface area (Å²) in [5.41, 5.74) is 12.9. The van der Waals surface area contributed by atoms with Gasteiger partial charge in [0.15, 0.2) is 0 Å². The van der Waals surface area contributed by atoms with Gasteiger partial charge in [-0.15, -0.1) is 0 Å². The normalized spacial score (nSPS) is 12.5. The third kappa shape index (κ3) is 3.24. The zero-order chi connectivity index (χ0) is 13.2.